The second-order valence-electron chi connectivity index (χ2n) is 3.27. The van der Waals surface area contributed by atoms with Gasteiger partial charge in [-0.2, -0.15) is 0 Å². The Morgan fingerprint density at radius 2 is 2.33 bits per heavy atom. The molecule has 1 aromatic heterocycles. The van der Waals surface area contributed by atoms with Gasteiger partial charge in [0.1, 0.15) is 16.2 Å². The molecule has 1 atom stereocenters. The summed E-state index contributed by atoms with van der Waals surface area (Å²) < 4.78 is 22.0. The van der Waals surface area contributed by atoms with E-state index in [0.717, 1.165) is 0 Å². The molecule has 1 rings (SSSR count). The SMILES string of the molecule is CS(=O)(=O)CCC(NN)c1ccncn1. The third-order valence-corrected chi connectivity index (χ3v) is 2.92. The first-order valence-corrected chi connectivity index (χ1v) is 6.49. The highest BCUT2D eigenvalue weighted by molar-refractivity contribution is 7.90. The van der Waals surface area contributed by atoms with E-state index in [1.807, 2.05) is 0 Å². The molecule has 84 valence electrons. The Bertz CT molecular complexity index is 392. The summed E-state index contributed by atoms with van der Waals surface area (Å²) in [5, 5.41) is 0. The molecular weight excluding hydrogens is 216 g/mol. The average molecular weight is 230 g/mol. The van der Waals surface area contributed by atoms with Gasteiger partial charge in [0.05, 0.1) is 17.5 Å². The van der Waals surface area contributed by atoms with Crippen molar-refractivity contribution in [2.75, 3.05) is 12.0 Å². The number of aromatic nitrogens is 2. The van der Waals surface area contributed by atoms with Crippen molar-refractivity contribution in [2.45, 2.75) is 12.5 Å². The molecule has 1 unspecified atom stereocenters. The van der Waals surface area contributed by atoms with Crippen LogP contribution in [0.2, 0.25) is 0 Å². The zero-order chi connectivity index (χ0) is 11.3. The largest absolute Gasteiger partial charge is 0.271 e. The molecule has 0 aliphatic carbocycles. The zero-order valence-electron chi connectivity index (χ0n) is 8.42. The molecule has 0 fully saturated rings. The summed E-state index contributed by atoms with van der Waals surface area (Å²) in [6, 6.07) is 1.44. The normalized spacial score (nSPS) is 13.7. The number of nitrogens with zero attached hydrogens (tertiary/aromatic N) is 2. The molecular formula is C8H14N4O2S. The second kappa shape index (κ2) is 5.15. The maximum atomic E-state index is 11.0. The lowest BCUT2D eigenvalue weighted by molar-refractivity contribution is 0.519. The smallest absolute Gasteiger partial charge is 0.147 e. The highest BCUT2D eigenvalue weighted by atomic mass is 32.2. The summed E-state index contributed by atoms with van der Waals surface area (Å²) >= 11 is 0. The fraction of sp³-hybridized carbons (Fsp3) is 0.500. The van der Waals surface area contributed by atoms with Crippen LogP contribution in [0, 0.1) is 0 Å². The topological polar surface area (TPSA) is 98.0 Å². The molecule has 0 amide bonds. The van der Waals surface area contributed by atoms with Gasteiger partial charge in [-0.25, -0.2) is 18.4 Å². The Labute approximate surface area is 88.8 Å². The molecule has 1 heterocycles. The molecule has 0 aliphatic heterocycles. The quantitative estimate of drug-likeness (QED) is 0.518. The van der Waals surface area contributed by atoms with Gasteiger partial charge in [0.25, 0.3) is 0 Å². The molecule has 0 saturated carbocycles. The zero-order valence-corrected chi connectivity index (χ0v) is 9.24. The van der Waals surface area contributed by atoms with E-state index in [1.165, 1.54) is 12.6 Å². The molecule has 7 heteroatoms. The van der Waals surface area contributed by atoms with E-state index >= 15 is 0 Å². The van der Waals surface area contributed by atoms with E-state index in [-0.39, 0.29) is 11.8 Å². The van der Waals surface area contributed by atoms with Crippen LogP contribution in [0.3, 0.4) is 0 Å². The Balaban J connectivity index is 2.66. The highest BCUT2D eigenvalue weighted by Gasteiger charge is 2.13. The Morgan fingerprint density at radius 1 is 1.60 bits per heavy atom. The second-order valence-corrected chi connectivity index (χ2v) is 5.53. The molecule has 0 bridgehead atoms. The van der Waals surface area contributed by atoms with Crippen molar-refractivity contribution < 1.29 is 8.42 Å². The van der Waals surface area contributed by atoms with Gasteiger partial charge in [0, 0.05) is 12.5 Å². The van der Waals surface area contributed by atoms with Crippen molar-refractivity contribution in [3.63, 3.8) is 0 Å². The third kappa shape index (κ3) is 4.32. The summed E-state index contributed by atoms with van der Waals surface area (Å²) in [5.74, 6) is 5.40. The van der Waals surface area contributed by atoms with Crippen molar-refractivity contribution >= 4 is 9.84 Å². The van der Waals surface area contributed by atoms with Crippen molar-refractivity contribution in [3.8, 4) is 0 Å². The van der Waals surface area contributed by atoms with E-state index in [4.69, 9.17) is 5.84 Å². The molecule has 0 spiro atoms. The summed E-state index contributed by atoms with van der Waals surface area (Å²) in [7, 11) is -2.98. The van der Waals surface area contributed by atoms with Crippen LogP contribution >= 0.6 is 0 Å². The summed E-state index contributed by atoms with van der Waals surface area (Å²) in [5.41, 5.74) is 3.23. The van der Waals surface area contributed by atoms with Gasteiger partial charge < -0.3 is 0 Å². The Morgan fingerprint density at radius 3 is 2.80 bits per heavy atom. The van der Waals surface area contributed by atoms with Gasteiger partial charge >= 0.3 is 0 Å². The summed E-state index contributed by atoms with van der Waals surface area (Å²) in [6.45, 7) is 0. The van der Waals surface area contributed by atoms with Crippen molar-refractivity contribution in [2.24, 2.45) is 5.84 Å². The van der Waals surface area contributed by atoms with Gasteiger partial charge in [-0.3, -0.25) is 11.3 Å². The number of hydrogen-bond acceptors (Lipinski definition) is 6. The molecule has 3 N–H and O–H groups in total. The van der Waals surface area contributed by atoms with Gasteiger partial charge in [0.2, 0.25) is 0 Å². The van der Waals surface area contributed by atoms with E-state index < -0.39 is 9.84 Å². The molecule has 0 saturated heterocycles. The lowest BCUT2D eigenvalue weighted by Crippen LogP contribution is -2.30. The highest BCUT2D eigenvalue weighted by Crippen LogP contribution is 2.12. The first-order chi connectivity index (χ1) is 7.03. The standard InChI is InChI=1S/C8H14N4O2S/c1-15(13,14)5-3-8(12-9)7-2-4-10-6-11-7/h2,4,6,8,12H,3,5,9H2,1H3. The summed E-state index contributed by atoms with van der Waals surface area (Å²) in [6.07, 6.45) is 4.58. The molecule has 15 heavy (non-hydrogen) atoms. The number of hydrazine groups is 1. The molecule has 0 aromatic carbocycles. The number of sulfone groups is 1. The minimum Gasteiger partial charge on any atom is -0.271 e. The van der Waals surface area contributed by atoms with E-state index in [0.29, 0.717) is 12.1 Å². The lowest BCUT2D eigenvalue weighted by Gasteiger charge is -2.13. The van der Waals surface area contributed by atoms with Crippen molar-refractivity contribution in [1.29, 1.82) is 0 Å². The monoisotopic (exact) mass is 230 g/mol. The van der Waals surface area contributed by atoms with E-state index in [2.05, 4.69) is 15.4 Å². The van der Waals surface area contributed by atoms with Crippen molar-refractivity contribution in [3.05, 3.63) is 24.3 Å². The van der Waals surface area contributed by atoms with Crippen LogP contribution in [0.1, 0.15) is 18.2 Å². The molecule has 0 aliphatic rings. The molecule has 0 radical (unpaired) electrons. The molecule has 1 aromatic rings. The Kier molecular flexibility index (Phi) is 4.13. The van der Waals surface area contributed by atoms with Gasteiger partial charge in [-0.05, 0) is 12.5 Å². The van der Waals surface area contributed by atoms with Crippen molar-refractivity contribution in [1.82, 2.24) is 15.4 Å². The van der Waals surface area contributed by atoms with Crippen LogP contribution in [-0.4, -0.2) is 30.4 Å². The van der Waals surface area contributed by atoms with Crippen LogP contribution in [0.4, 0.5) is 0 Å². The predicted octanol–water partition coefficient (Wildman–Crippen LogP) is -0.584. The van der Waals surface area contributed by atoms with Crippen LogP contribution in [0.15, 0.2) is 18.6 Å². The Hall–Kier alpha value is -1.05. The first kappa shape index (κ1) is 12.0. The maximum absolute atomic E-state index is 11.0. The number of hydrogen-bond donors (Lipinski definition) is 2. The minimum absolute atomic E-state index is 0.0753. The molecule has 6 nitrogen and oxygen atoms in total. The van der Waals surface area contributed by atoms with Crippen LogP contribution in [0.25, 0.3) is 0 Å². The first-order valence-electron chi connectivity index (χ1n) is 4.42. The number of rotatable bonds is 5. The number of nitrogens with one attached hydrogen (secondary N) is 1. The van der Waals surface area contributed by atoms with Crippen LogP contribution < -0.4 is 11.3 Å². The summed E-state index contributed by atoms with van der Waals surface area (Å²) in [4.78, 5) is 7.78. The van der Waals surface area contributed by atoms with Gasteiger partial charge in [0.15, 0.2) is 0 Å². The fourth-order valence-corrected chi connectivity index (χ4v) is 1.82. The van der Waals surface area contributed by atoms with E-state index in [9.17, 15) is 8.42 Å². The average Bonchev–Trinajstić information content (AvgIpc) is 2.19. The van der Waals surface area contributed by atoms with Gasteiger partial charge in [-0.15, -0.1) is 0 Å². The van der Waals surface area contributed by atoms with Crippen LogP contribution in [0.5, 0.6) is 0 Å². The van der Waals surface area contributed by atoms with Gasteiger partial charge in [-0.1, -0.05) is 0 Å². The third-order valence-electron chi connectivity index (χ3n) is 1.94. The fourth-order valence-electron chi connectivity index (χ4n) is 1.16. The maximum Gasteiger partial charge on any atom is 0.147 e. The van der Waals surface area contributed by atoms with Crippen LogP contribution in [-0.2, 0) is 9.84 Å². The predicted molar refractivity (Wildman–Crippen MR) is 56.4 cm³/mol. The number of nitrogens with two attached hydrogens (primary N) is 1. The lowest BCUT2D eigenvalue weighted by atomic mass is 10.1. The minimum atomic E-state index is -2.98. The van der Waals surface area contributed by atoms with E-state index in [1.54, 1.807) is 12.3 Å².